The lowest BCUT2D eigenvalue weighted by Crippen LogP contribution is -2.29. The number of aliphatic carboxylic acids is 1. The highest BCUT2D eigenvalue weighted by Gasteiger charge is 2.29. The van der Waals surface area contributed by atoms with Crippen molar-refractivity contribution in [2.75, 3.05) is 20.2 Å². The lowest BCUT2D eigenvalue weighted by Gasteiger charge is -2.18. The third-order valence-corrected chi connectivity index (χ3v) is 3.66. The van der Waals surface area contributed by atoms with Crippen LogP contribution in [0.15, 0.2) is 18.2 Å². The molecule has 5 nitrogen and oxygen atoms in total. The van der Waals surface area contributed by atoms with Crippen LogP contribution in [0.2, 0.25) is 5.02 Å². The van der Waals surface area contributed by atoms with E-state index in [1.165, 1.54) is 7.11 Å². The second kappa shape index (κ2) is 6.13. The van der Waals surface area contributed by atoms with Crippen molar-refractivity contribution in [2.45, 2.75) is 12.8 Å². The van der Waals surface area contributed by atoms with Crippen molar-refractivity contribution < 1.29 is 19.4 Å². The summed E-state index contributed by atoms with van der Waals surface area (Å²) in [6.07, 6.45) is 0.803. The van der Waals surface area contributed by atoms with Crippen molar-refractivity contribution in [2.24, 2.45) is 5.92 Å². The molecule has 1 saturated heterocycles. The van der Waals surface area contributed by atoms with Crippen LogP contribution < -0.4 is 4.74 Å². The lowest BCUT2D eigenvalue weighted by molar-refractivity contribution is -0.138. The highest BCUT2D eigenvalue weighted by Crippen LogP contribution is 2.27. The first-order valence-corrected chi connectivity index (χ1v) is 6.73. The van der Waals surface area contributed by atoms with E-state index in [0.29, 0.717) is 35.8 Å². The van der Waals surface area contributed by atoms with Crippen molar-refractivity contribution in [3.63, 3.8) is 0 Å². The SMILES string of the molecule is COc1ccc(Cl)cc1C(=O)N1CCC(CC(=O)O)C1. The Bertz CT molecular complexity index is 532. The molecule has 0 saturated carbocycles. The number of carboxylic acid groups (broad SMARTS) is 1. The zero-order valence-corrected chi connectivity index (χ0v) is 11.9. The number of ether oxygens (including phenoxy) is 1. The van der Waals surface area contributed by atoms with Crippen LogP contribution in [0, 0.1) is 5.92 Å². The monoisotopic (exact) mass is 297 g/mol. The number of carbonyl (C=O) groups excluding carboxylic acids is 1. The van der Waals surface area contributed by atoms with Crippen LogP contribution >= 0.6 is 11.6 Å². The third kappa shape index (κ3) is 3.22. The lowest BCUT2D eigenvalue weighted by atomic mass is 10.1. The van der Waals surface area contributed by atoms with Gasteiger partial charge in [0.1, 0.15) is 5.75 Å². The normalized spacial score (nSPS) is 18.1. The highest BCUT2D eigenvalue weighted by atomic mass is 35.5. The van der Waals surface area contributed by atoms with Gasteiger partial charge in [-0.15, -0.1) is 0 Å². The Labute approximate surface area is 122 Å². The average molecular weight is 298 g/mol. The maximum absolute atomic E-state index is 12.5. The summed E-state index contributed by atoms with van der Waals surface area (Å²) in [7, 11) is 1.50. The van der Waals surface area contributed by atoms with Crippen LogP contribution in [0.5, 0.6) is 5.75 Å². The summed E-state index contributed by atoms with van der Waals surface area (Å²) in [5.74, 6) is -0.510. The van der Waals surface area contributed by atoms with Crippen molar-refractivity contribution >= 4 is 23.5 Å². The Morgan fingerprint density at radius 3 is 2.90 bits per heavy atom. The van der Waals surface area contributed by atoms with Crippen LogP contribution in [0.3, 0.4) is 0 Å². The molecular formula is C14H16ClNO4. The number of hydrogen-bond acceptors (Lipinski definition) is 3. The van der Waals surface area contributed by atoms with Crippen LogP contribution in [0.4, 0.5) is 0 Å². The molecule has 1 aliphatic rings. The fourth-order valence-electron chi connectivity index (χ4n) is 2.45. The zero-order chi connectivity index (χ0) is 14.7. The second-order valence-corrected chi connectivity index (χ2v) is 5.28. The standard InChI is InChI=1S/C14H16ClNO4/c1-20-12-3-2-10(15)7-11(12)14(19)16-5-4-9(8-16)6-13(17)18/h2-3,7,9H,4-6,8H2,1H3,(H,17,18). The zero-order valence-electron chi connectivity index (χ0n) is 11.1. The molecule has 1 fully saturated rings. The summed E-state index contributed by atoms with van der Waals surface area (Å²) < 4.78 is 5.17. The fourth-order valence-corrected chi connectivity index (χ4v) is 2.62. The first kappa shape index (κ1) is 14.7. The molecule has 0 spiro atoms. The Balaban J connectivity index is 2.12. The van der Waals surface area contributed by atoms with E-state index in [1.54, 1.807) is 23.1 Å². The van der Waals surface area contributed by atoms with Gasteiger partial charge in [0.25, 0.3) is 5.91 Å². The summed E-state index contributed by atoms with van der Waals surface area (Å²) in [4.78, 5) is 24.8. The number of halogens is 1. The van der Waals surface area contributed by atoms with E-state index in [4.69, 9.17) is 21.4 Å². The fraction of sp³-hybridized carbons (Fsp3) is 0.429. The van der Waals surface area contributed by atoms with Gasteiger partial charge in [-0.2, -0.15) is 0 Å². The van der Waals surface area contributed by atoms with Gasteiger partial charge in [0.2, 0.25) is 0 Å². The Morgan fingerprint density at radius 1 is 1.50 bits per heavy atom. The third-order valence-electron chi connectivity index (χ3n) is 3.43. The molecule has 0 aromatic heterocycles. The molecule has 1 atom stereocenters. The molecule has 1 aliphatic heterocycles. The summed E-state index contributed by atoms with van der Waals surface area (Å²) >= 11 is 5.92. The number of rotatable bonds is 4. The van der Waals surface area contributed by atoms with Crippen LogP contribution in [0.25, 0.3) is 0 Å². The molecule has 1 aromatic carbocycles. The van der Waals surface area contributed by atoms with E-state index < -0.39 is 5.97 Å². The average Bonchev–Trinajstić information content (AvgIpc) is 2.85. The minimum absolute atomic E-state index is 0.0154. The maximum atomic E-state index is 12.5. The van der Waals surface area contributed by atoms with Crippen LogP contribution in [-0.4, -0.2) is 42.1 Å². The molecule has 108 valence electrons. The Morgan fingerprint density at radius 2 is 2.25 bits per heavy atom. The van der Waals surface area contributed by atoms with Gasteiger partial charge in [0.05, 0.1) is 12.7 Å². The summed E-state index contributed by atoms with van der Waals surface area (Å²) in [5.41, 5.74) is 0.413. The van der Waals surface area contributed by atoms with Gasteiger partial charge in [0, 0.05) is 24.5 Å². The number of benzene rings is 1. The molecule has 6 heteroatoms. The van der Waals surface area contributed by atoms with Gasteiger partial charge in [-0.05, 0) is 30.5 Å². The van der Waals surface area contributed by atoms with E-state index in [0.717, 1.165) is 0 Å². The topological polar surface area (TPSA) is 66.8 Å². The van der Waals surface area contributed by atoms with Gasteiger partial charge >= 0.3 is 5.97 Å². The molecule has 0 aliphatic carbocycles. The number of carbonyl (C=O) groups is 2. The van der Waals surface area contributed by atoms with E-state index in [2.05, 4.69) is 0 Å². The van der Waals surface area contributed by atoms with Gasteiger partial charge in [-0.25, -0.2) is 0 Å². The molecule has 20 heavy (non-hydrogen) atoms. The summed E-state index contributed by atoms with van der Waals surface area (Å²) in [6, 6.07) is 4.89. The first-order valence-electron chi connectivity index (χ1n) is 6.36. The van der Waals surface area contributed by atoms with Crippen molar-refractivity contribution in [3.05, 3.63) is 28.8 Å². The summed E-state index contributed by atoms with van der Waals surface area (Å²) in [6.45, 7) is 1.02. The van der Waals surface area contributed by atoms with E-state index in [-0.39, 0.29) is 18.2 Å². The largest absolute Gasteiger partial charge is 0.496 e. The molecule has 2 rings (SSSR count). The van der Waals surface area contributed by atoms with Gasteiger partial charge in [0.15, 0.2) is 0 Å². The van der Waals surface area contributed by atoms with E-state index in [9.17, 15) is 9.59 Å². The number of amides is 1. The molecule has 0 radical (unpaired) electrons. The van der Waals surface area contributed by atoms with Gasteiger partial charge in [-0.1, -0.05) is 11.6 Å². The second-order valence-electron chi connectivity index (χ2n) is 4.85. The smallest absolute Gasteiger partial charge is 0.303 e. The number of carboxylic acids is 1. The van der Waals surface area contributed by atoms with E-state index >= 15 is 0 Å². The van der Waals surface area contributed by atoms with Crippen LogP contribution in [-0.2, 0) is 4.79 Å². The highest BCUT2D eigenvalue weighted by molar-refractivity contribution is 6.31. The Hall–Kier alpha value is -1.75. The van der Waals surface area contributed by atoms with Crippen molar-refractivity contribution in [1.29, 1.82) is 0 Å². The molecule has 1 amide bonds. The molecule has 1 unspecified atom stereocenters. The predicted octanol–water partition coefficient (Wildman–Crippen LogP) is 2.29. The quantitative estimate of drug-likeness (QED) is 0.926. The van der Waals surface area contributed by atoms with Gasteiger partial charge < -0.3 is 14.7 Å². The van der Waals surface area contributed by atoms with Gasteiger partial charge in [-0.3, -0.25) is 9.59 Å². The number of likely N-dealkylation sites (tertiary alicyclic amines) is 1. The minimum Gasteiger partial charge on any atom is -0.496 e. The molecular weight excluding hydrogens is 282 g/mol. The molecule has 0 bridgehead atoms. The Kier molecular flexibility index (Phi) is 4.49. The van der Waals surface area contributed by atoms with Crippen LogP contribution in [0.1, 0.15) is 23.2 Å². The maximum Gasteiger partial charge on any atom is 0.303 e. The first-order chi connectivity index (χ1) is 9.51. The molecule has 1 aromatic rings. The van der Waals surface area contributed by atoms with E-state index in [1.807, 2.05) is 0 Å². The predicted molar refractivity (Wildman–Crippen MR) is 74.3 cm³/mol. The summed E-state index contributed by atoms with van der Waals surface area (Å²) in [5, 5.41) is 9.26. The number of hydrogen-bond donors (Lipinski definition) is 1. The minimum atomic E-state index is -0.829. The molecule has 1 N–H and O–H groups in total. The molecule has 1 heterocycles. The van der Waals surface area contributed by atoms with Crippen molar-refractivity contribution in [1.82, 2.24) is 4.90 Å². The van der Waals surface area contributed by atoms with Crippen molar-refractivity contribution in [3.8, 4) is 5.75 Å². The number of nitrogens with zero attached hydrogens (tertiary/aromatic N) is 1. The number of methoxy groups -OCH3 is 1.